The van der Waals surface area contributed by atoms with Crippen LogP contribution >= 0.6 is 0 Å². The van der Waals surface area contributed by atoms with Crippen molar-refractivity contribution in [2.45, 2.75) is 0 Å². The molecule has 0 bridgehead atoms. The Morgan fingerprint density at radius 2 is 0.700 bits per heavy atom. The van der Waals surface area contributed by atoms with Crippen LogP contribution in [0.25, 0.3) is 0 Å². The zero-order chi connectivity index (χ0) is 8.12. The van der Waals surface area contributed by atoms with Crippen molar-refractivity contribution in [2.24, 2.45) is 0 Å². The van der Waals surface area contributed by atoms with Crippen molar-refractivity contribution in [1.29, 1.82) is 0 Å². The third-order valence-corrected chi connectivity index (χ3v) is 0. The Balaban J connectivity index is -0.0000000257. The molecule has 56 valence electrons. The molecule has 0 heterocycles. The van der Waals surface area contributed by atoms with E-state index in [2.05, 4.69) is 0 Å². The summed E-state index contributed by atoms with van der Waals surface area (Å²) >= 11 is 0. The minimum Gasteiger partial charge on any atom is -0.554 e. The smallest absolute Gasteiger partial charge is 0.554 e. The van der Waals surface area contributed by atoms with Crippen LogP contribution in [0.1, 0.15) is 0 Å². The van der Waals surface area contributed by atoms with Crippen molar-refractivity contribution in [3.63, 3.8) is 0 Å². The molecule has 0 aromatic carbocycles. The average molecular weight is 344 g/mol. The fourth-order valence-electron chi connectivity index (χ4n) is 0. The number of hydrogen-bond donors (Lipinski definition) is 0. The van der Waals surface area contributed by atoms with Crippen molar-refractivity contribution in [1.82, 2.24) is 0 Å². The fourth-order valence-corrected chi connectivity index (χ4v) is 0. The Morgan fingerprint density at radius 3 is 0.700 bits per heavy atom. The van der Waals surface area contributed by atoms with E-state index in [4.69, 9.17) is 29.7 Å². The topological polar surface area (TPSA) is 120 Å². The van der Waals surface area contributed by atoms with Gasteiger partial charge in [0, 0.05) is 19.4 Å². The first kappa shape index (κ1) is 22.8. The Labute approximate surface area is 75.6 Å². The number of rotatable bonds is 0. The van der Waals surface area contributed by atoms with E-state index < -0.39 is 19.4 Å². The van der Waals surface area contributed by atoms with Crippen LogP contribution in [0.2, 0.25) is 0 Å². The second kappa shape index (κ2) is 83.9. The van der Waals surface area contributed by atoms with Gasteiger partial charge in [-0.1, -0.05) is 0 Å². The zero-order valence-corrected chi connectivity index (χ0v) is 8.11. The standard InChI is InChI=1S/3CH2O2.Bi/c3*2-1-3;/h3*1H,(H,2,3);/q;;;+3/p-3. The largest absolute Gasteiger partial charge is 3.00 e. The van der Waals surface area contributed by atoms with E-state index in [0.29, 0.717) is 0 Å². The molecule has 0 aliphatic heterocycles. The number of carbonyl (C=O) groups is 3. The third-order valence-electron chi connectivity index (χ3n) is 0. The van der Waals surface area contributed by atoms with Gasteiger partial charge >= 0.3 is 26.2 Å². The van der Waals surface area contributed by atoms with Gasteiger partial charge in [-0.2, -0.15) is 0 Å². The molecule has 0 rings (SSSR count). The summed E-state index contributed by atoms with van der Waals surface area (Å²) in [4.78, 5) is 24.8. The van der Waals surface area contributed by atoms with Gasteiger partial charge in [0.25, 0.3) is 0 Å². The molecular formula is C3H3BiO6. The summed E-state index contributed by atoms with van der Waals surface area (Å²) < 4.78 is 0. The fraction of sp³-hybridized carbons (Fsp3) is 0. The summed E-state index contributed by atoms with van der Waals surface area (Å²) in [6.45, 7) is -1.50. The van der Waals surface area contributed by atoms with E-state index >= 15 is 0 Å². The molecule has 10 heavy (non-hydrogen) atoms. The zero-order valence-electron chi connectivity index (χ0n) is 4.63. The first-order valence-corrected chi connectivity index (χ1v) is 1.41. The summed E-state index contributed by atoms with van der Waals surface area (Å²) in [5.41, 5.74) is 0. The molecule has 0 aromatic rings. The minimum absolute atomic E-state index is 0. The molecule has 0 spiro atoms. The summed E-state index contributed by atoms with van der Waals surface area (Å²) in [7, 11) is 0. The van der Waals surface area contributed by atoms with E-state index in [1.807, 2.05) is 0 Å². The van der Waals surface area contributed by atoms with Crippen LogP contribution in [0.4, 0.5) is 0 Å². The number of carboxylic acid groups (broad SMARTS) is 3. The van der Waals surface area contributed by atoms with Gasteiger partial charge in [0.05, 0.1) is 0 Å². The van der Waals surface area contributed by atoms with Crippen molar-refractivity contribution < 1.29 is 29.7 Å². The van der Waals surface area contributed by atoms with Gasteiger partial charge in [-0.05, 0) is 0 Å². The van der Waals surface area contributed by atoms with Crippen LogP contribution in [0.5, 0.6) is 0 Å². The van der Waals surface area contributed by atoms with Crippen LogP contribution < -0.4 is 15.3 Å². The van der Waals surface area contributed by atoms with Crippen molar-refractivity contribution in [3.05, 3.63) is 0 Å². The predicted octanol–water partition coefficient (Wildman–Crippen LogP) is -5.28. The summed E-state index contributed by atoms with van der Waals surface area (Å²) in [5, 5.41) is 24.8. The van der Waals surface area contributed by atoms with Crippen LogP contribution in [0.3, 0.4) is 0 Å². The quantitative estimate of drug-likeness (QED) is 0.320. The Bertz CT molecular complexity index is 49.7. The molecule has 0 amide bonds. The number of carbonyl (C=O) groups excluding carboxylic acids is 3. The maximum atomic E-state index is 8.25. The molecule has 0 atom stereocenters. The molecule has 0 aromatic heterocycles. The first-order chi connectivity index (χ1) is 4.24. The molecule has 0 aliphatic carbocycles. The minimum atomic E-state index is -0.500. The van der Waals surface area contributed by atoms with Crippen LogP contribution in [-0.4, -0.2) is 45.6 Å². The molecule has 6 nitrogen and oxygen atoms in total. The summed E-state index contributed by atoms with van der Waals surface area (Å²) in [6.07, 6.45) is 0. The van der Waals surface area contributed by atoms with Gasteiger partial charge in [-0.25, -0.2) is 0 Å². The molecule has 0 unspecified atom stereocenters. The van der Waals surface area contributed by atoms with Gasteiger partial charge in [0.1, 0.15) is 0 Å². The number of hydrogen-bond acceptors (Lipinski definition) is 6. The molecule has 0 N–H and O–H groups in total. The van der Waals surface area contributed by atoms with Crippen molar-refractivity contribution >= 4 is 45.6 Å². The monoisotopic (exact) mass is 344 g/mol. The molecule has 0 fully saturated rings. The van der Waals surface area contributed by atoms with Gasteiger partial charge < -0.3 is 29.7 Å². The summed E-state index contributed by atoms with van der Waals surface area (Å²) in [6, 6.07) is 0. The normalized spacial score (nSPS) is 3.60. The second-order valence-electron chi connectivity index (χ2n) is 0.289. The SMILES string of the molecule is O=C[O-].O=C[O-].O=C[O-].[Bi+3]. The van der Waals surface area contributed by atoms with E-state index in [9.17, 15) is 0 Å². The van der Waals surface area contributed by atoms with Gasteiger partial charge in [0.15, 0.2) is 0 Å². The molecule has 7 heteroatoms. The Hall–Kier alpha value is -0.707. The van der Waals surface area contributed by atoms with E-state index in [0.717, 1.165) is 0 Å². The molecule has 0 aliphatic rings. The second-order valence-corrected chi connectivity index (χ2v) is 0.289. The third kappa shape index (κ3) is 578. The predicted molar refractivity (Wildman–Crippen MR) is 23.9 cm³/mol. The van der Waals surface area contributed by atoms with E-state index in [1.165, 1.54) is 0 Å². The van der Waals surface area contributed by atoms with E-state index in [1.54, 1.807) is 0 Å². The van der Waals surface area contributed by atoms with Gasteiger partial charge in [-0.15, -0.1) is 0 Å². The Morgan fingerprint density at radius 1 is 0.700 bits per heavy atom. The summed E-state index contributed by atoms with van der Waals surface area (Å²) in [5.74, 6) is 0. The van der Waals surface area contributed by atoms with Crippen LogP contribution in [0.15, 0.2) is 0 Å². The maximum absolute atomic E-state index is 8.25. The molecule has 0 saturated heterocycles. The van der Waals surface area contributed by atoms with Crippen molar-refractivity contribution in [3.8, 4) is 0 Å². The maximum Gasteiger partial charge on any atom is 3.00 e. The molecule has 0 saturated carbocycles. The van der Waals surface area contributed by atoms with Gasteiger partial charge in [0.2, 0.25) is 0 Å². The molecular weight excluding hydrogens is 341 g/mol. The van der Waals surface area contributed by atoms with Crippen LogP contribution in [0, 0.1) is 0 Å². The van der Waals surface area contributed by atoms with Crippen molar-refractivity contribution in [2.75, 3.05) is 0 Å². The van der Waals surface area contributed by atoms with Gasteiger partial charge in [-0.3, -0.25) is 0 Å². The Kier molecular flexibility index (Phi) is 191. The van der Waals surface area contributed by atoms with E-state index in [-0.39, 0.29) is 26.2 Å². The average Bonchev–Trinajstić information content (AvgIpc) is 1.70. The molecule has 2 radical (unpaired) electrons. The first-order valence-electron chi connectivity index (χ1n) is 1.41. The van der Waals surface area contributed by atoms with Crippen LogP contribution in [-0.2, 0) is 14.4 Å².